The molecule has 4 nitrogen and oxygen atoms in total. The lowest BCUT2D eigenvalue weighted by atomic mass is 10.0. The predicted octanol–water partition coefficient (Wildman–Crippen LogP) is 2.87. The summed E-state index contributed by atoms with van der Waals surface area (Å²) in [5, 5.41) is 0.680. The standard InChI is InChI=1S/C15H17ClN2O2S/c16-11-12-6-9-18(10-7-12)21(19,20)15-5-1-4-14-13(15)3-2-8-17-14/h1-5,8,12H,6-7,9-11H2. The number of benzene rings is 1. The molecule has 112 valence electrons. The van der Waals surface area contributed by atoms with Crippen molar-refractivity contribution >= 4 is 32.5 Å². The van der Waals surface area contributed by atoms with E-state index in [9.17, 15) is 8.42 Å². The van der Waals surface area contributed by atoms with Gasteiger partial charge in [-0.1, -0.05) is 6.07 Å². The van der Waals surface area contributed by atoms with Crippen molar-refractivity contribution in [3.63, 3.8) is 0 Å². The van der Waals surface area contributed by atoms with Crippen LogP contribution in [-0.4, -0.2) is 36.7 Å². The summed E-state index contributed by atoms with van der Waals surface area (Å²) in [6, 6.07) is 8.80. The van der Waals surface area contributed by atoms with Crippen molar-refractivity contribution in [3.8, 4) is 0 Å². The van der Waals surface area contributed by atoms with Gasteiger partial charge in [0.2, 0.25) is 10.0 Å². The summed E-state index contributed by atoms with van der Waals surface area (Å²) in [6.07, 6.45) is 3.32. The Morgan fingerprint density at radius 2 is 1.95 bits per heavy atom. The molecule has 6 heteroatoms. The number of halogens is 1. The molecule has 2 heterocycles. The molecule has 0 radical (unpaired) electrons. The van der Waals surface area contributed by atoms with Gasteiger partial charge in [0.15, 0.2) is 0 Å². The van der Waals surface area contributed by atoms with E-state index >= 15 is 0 Å². The van der Waals surface area contributed by atoms with Crippen LogP contribution in [0.25, 0.3) is 10.9 Å². The molecule has 0 amide bonds. The van der Waals surface area contributed by atoms with Crippen molar-refractivity contribution in [2.45, 2.75) is 17.7 Å². The second-order valence-corrected chi connectivity index (χ2v) is 7.54. The maximum atomic E-state index is 12.9. The van der Waals surface area contributed by atoms with Crippen molar-refractivity contribution in [2.24, 2.45) is 5.92 Å². The third kappa shape index (κ3) is 2.78. The molecule has 1 aliphatic rings. The van der Waals surface area contributed by atoms with Gasteiger partial charge in [0.05, 0.1) is 10.4 Å². The van der Waals surface area contributed by atoms with Crippen LogP contribution in [0.1, 0.15) is 12.8 Å². The number of aromatic nitrogens is 1. The van der Waals surface area contributed by atoms with Gasteiger partial charge >= 0.3 is 0 Å². The van der Waals surface area contributed by atoms with Gasteiger partial charge in [-0.25, -0.2) is 8.42 Å². The van der Waals surface area contributed by atoms with E-state index in [0.717, 1.165) is 12.8 Å². The average molecular weight is 325 g/mol. The van der Waals surface area contributed by atoms with Crippen LogP contribution in [0.5, 0.6) is 0 Å². The van der Waals surface area contributed by atoms with Crippen LogP contribution in [0.15, 0.2) is 41.4 Å². The molecule has 0 bridgehead atoms. The van der Waals surface area contributed by atoms with E-state index in [4.69, 9.17) is 11.6 Å². The number of piperidine rings is 1. The van der Waals surface area contributed by atoms with Crippen molar-refractivity contribution in [3.05, 3.63) is 36.5 Å². The molecule has 0 N–H and O–H groups in total. The van der Waals surface area contributed by atoms with E-state index < -0.39 is 10.0 Å². The summed E-state index contributed by atoms with van der Waals surface area (Å²) in [7, 11) is -3.47. The van der Waals surface area contributed by atoms with Crippen molar-refractivity contribution in [2.75, 3.05) is 19.0 Å². The predicted molar refractivity (Wildman–Crippen MR) is 83.9 cm³/mol. The normalized spacial score (nSPS) is 18.1. The molecular formula is C15H17ClN2O2S. The first-order chi connectivity index (χ1) is 10.1. The lowest BCUT2D eigenvalue weighted by Crippen LogP contribution is -2.38. The van der Waals surface area contributed by atoms with E-state index in [1.165, 1.54) is 0 Å². The van der Waals surface area contributed by atoms with Gasteiger partial charge in [-0.05, 0) is 43.0 Å². The maximum Gasteiger partial charge on any atom is 0.243 e. The first-order valence-corrected chi connectivity index (χ1v) is 9.00. The maximum absolute atomic E-state index is 12.9. The van der Waals surface area contributed by atoms with Crippen LogP contribution in [0.3, 0.4) is 0 Å². The van der Waals surface area contributed by atoms with Gasteiger partial charge in [0.25, 0.3) is 0 Å². The summed E-state index contributed by atoms with van der Waals surface area (Å²) >= 11 is 5.86. The highest BCUT2D eigenvalue weighted by Crippen LogP contribution is 2.28. The summed E-state index contributed by atoms with van der Waals surface area (Å²) in [5.74, 6) is 1.03. The van der Waals surface area contributed by atoms with Gasteiger partial charge in [0.1, 0.15) is 0 Å². The van der Waals surface area contributed by atoms with Crippen LogP contribution < -0.4 is 0 Å². The Morgan fingerprint density at radius 3 is 2.67 bits per heavy atom. The molecule has 0 aliphatic carbocycles. The molecule has 0 unspecified atom stereocenters. The number of fused-ring (bicyclic) bond motifs is 1. The number of sulfonamides is 1. The number of rotatable bonds is 3. The Labute approximate surface area is 129 Å². The minimum Gasteiger partial charge on any atom is -0.256 e. The molecule has 1 aromatic heterocycles. The molecule has 2 aromatic rings. The fourth-order valence-electron chi connectivity index (χ4n) is 2.74. The number of pyridine rings is 1. The van der Waals surface area contributed by atoms with E-state index in [2.05, 4.69) is 4.98 Å². The molecule has 1 saturated heterocycles. The quantitative estimate of drug-likeness (QED) is 0.816. The van der Waals surface area contributed by atoms with Crippen LogP contribution in [-0.2, 0) is 10.0 Å². The average Bonchev–Trinajstić information content (AvgIpc) is 2.54. The third-order valence-electron chi connectivity index (χ3n) is 4.02. The van der Waals surface area contributed by atoms with Crippen LogP contribution in [0.4, 0.5) is 0 Å². The Bertz CT molecular complexity index is 735. The monoisotopic (exact) mass is 324 g/mol. The van der Waals surface area contributed by atoms with Gasteiger partial charge in [-0.3, -0.25) is 4.98 Å². The minimum atomic E-state index is -3.47. The smallest absolute Gasteiger partial charge is 0.243 e. The molecule has 3 rings (SSSR count). The fourth-order valence-corrected chi connectivity index (χ4v) is 4.72. The van der Waals surface area contributed by atoms with Crippen molar-refractivity contribution in [1.29, 1.82) is 0 Å². The summed E-state index contributed by atoms with van der Waals surface area (Å²) in [5.41, 5.74) is 0.703. The second-order valence-electron chi connectivity index (χ2n) is 5.33. The zero-order valence-electron chi connectivity index (χ0n) is 11.6. The zero-order valence-corrected chi connectivity index (χ0v) is 13.1. The molecule has 1 aromatic carbocycles. The fraction of sp³-hybridized carbons (Fsp3) is 0.400. The van der Waals surface area contributed by atoms with Crippen molar-refractivity contribution in [1.82, 2.24) is 9.29 Å². The van der Waals surface area contributed by atoms with E-state index in [0.29, 0.717) is 40.7 Å². The summed E-state index contributed by atoms with van der Waals surface area (Å²) < 4.78 is 27.3. The highest BCUT2D eigenvalue weighted by molar-refractivity contribution is 7.89. The molecule has 1 aliphatic heterocycles. The van der Waals surface area contributed by atoms with Crippen LogP contribution in [0.2, 0.25) is 0 Å². The first-order valence-electron chi connectivity index (χ1n) is 7.03. The highest BCUT2D eigenvalue weighted by Gasteiger charge is 2.30. The molecule has 0 spiro atoms. The minimum absolute atomic E-state index is 0.345. The summed E-state index contributed by atoms with van der Waals surface area (Å²) in [4.78, 5) is 4.57. The SMILES string of the molecule is O=S(=O)(c1cccc2ncccc12)N1CCC(CCl)CC1. The number of hydrogen-bond donors (Lipinski definition) is 0. The molecule has 21 heavy (non-hydrogen) atoms. The van der Waals surface area contributed by atoms with E-state index in [-0.39, 0.29) is 0 Å². The van der Waals surface area contributed by atoms with E-state index in [1.54, 1.807) is 34.8 Å². The largest absolute Gasteiger partial charge is 0.256 e. The number of alkyl halides is 1. The Kier molecular flexibility index (Phi) is 4.15. The Balaban J connectivity index is 1.98. The van der Waals surface area contributed by atoms with Crippen LogP contribution in [0, 0.1) is 5.92 Å². The third-order valence-corrected chi connectivity index (χ3v) is 6.41. The molecule has 1 fully saturated rings. The lowest BCUT2D eigenvalue weighted by molar-refractivity contribution is 0.290. The topological polar surface area (TPSA) is 50.3 Å². The zero-order chi connectivity index (χ0) is 14.9. The molecular weight excluding hydrogens is 308 g/mol. The van der Waals surface area contributed by atoms with Crippen molar-refractivity contribution < 1.29 is 8.42 Å². The number of nitrogens with zero attached hydrogens (tertiary/aromatic N) is 2. The lowest BCUT2D eigenvalue weighted by Gasteiger charge is -2.30. The Hall–Kier alpha value is -1.17. The Morgan fingerprint density at radius 1 is 1.19 bits per heavy atom. The highest BCUT2D eigenvalue weighted by atomic mass is 35.5. The van der Waals surface area contributed by atoms with Crippen LogP contribution >= 0.6 is 11.6 Å². The van der Waals surface area contributed by atoms with Gasteiger partial charge in [-0.2, -0.15) is 4.31 Å². The van der Waals surface area contributed by atoms with Gasteiger partial charge < -0.3 is 0 Å². The first kappa shape index (κ1) is 14.8. The van der Waals surface area contributed by atoms with Gasteiger partial charge in [0, 0.05) is 30.6 Å². The number of hydrogen-bond acceptors (Lipinski definition) is 3. The summed E-state index contributed by atoms with van der Waals surface area (Å²) in [6.45, 7) is 1.08. The van der Waals surface area contributed by atoms with E-state index in [1.807, 2.05) is 6.07 Å². The second kappa shape index (κ2) is 5.91. The molecule has 0 atom stereocenters. The van der Waals surface area contributed by atoms with Gasteiger partial charge in [-0.15, -0.1) is 11.6 Å². The molecule has 0 saturated carbocycles.